The Bertz CT molecular complexity index is 554. The van der Waals surface area contributed by atoms with Crippen LogP contribution in [0.2, 0.25) is 0 Å². The Hall–Kier alpha value is -1.84. The van der Waals surface area contributed by atoms with Crippen molar-refractivity contribution in [3.8, 4) is 5.75 Å². The molecule has 0 aliphatic rings. The second kappa shape index (κ2) is 7.43. The molecule has 118 valence electrons. The number of hydrogen-bond acceptors (Lipinski definition) is 2. The minimum absolute atomic E-state index is 0.0268. The van der Waals surface area contributed by atoms with E-state index in [1.54, 1.807) is 0 Å². The van der Waals surface area contributed by atoms with Gasteiger partial charge < -0.3 is 4.74 Å². The lowest BCUT2D eigenvalue weighted by Crippen LogP contribution is -2.49. The normalized spacial score (nSPS) is 14.4. The highest BCUT2D eigenvalue weighted by atomic mass is 16.7. The van der Waals surface area contributed by atoms with E-state index >= 15 is 0 Å². The van der Waals surface area contributed by atoms with E-state index in [4.69, 9.17) is 9.47 Å². The maximum absolute atomic E-state index is 6.04. The Balaban J connectivity index is 1.91. The molecule has 0 bridgehead atoms. The topological polar surface area (TPSA) is 18.5 Å². The van der Waals surface area contributed by atoms with Gasteiger partial charge in [0.25, 0.3) is 0 Å². The summed E-state index contributed by atoms with van der Waals surface area (Å²) in [6.07, 6.45) is -0.260. The molecular formula is C19H26NO2+. The van der Waals surface area contributed by atoms with Crippen LogP contribution in [0.15, 0.2) is 60.7 Å². The third-order valence-corrected chi connectivity index (χ3v) is 3.85. The number of ether oxygens (including phenoxy) is 2. The molecule has 2 rings (SSSR count). The van der Waals surface area contributed by atoms with Gasteiger partial charge in [0.15, 0.2) is 6.23 Å². The van der Waals surface area contributed by atoms with Crippen LogP contribution in [0.3, 0.4) is 0 Å². The zero-order chi connectivity index (χ0) is 16.0. The summed E-state index contributed by atoms with van der Waals surface area (Å²) in [4.78, 5) is 0. The first kappa shape index (κ1) is 16.5. The second-order valence-electron chi connectivity index (χ2n) is 6.16. The number of para-hydroxylation sites is 1. The predicted molar refractivity (Wildman–Crippen MR) is 89.3 cm³/mol. The number of nitrogens with zero attached hydrogens (tertiary/aromatic N) is 1. The molecule has 0 aromatic heterocycles. The van der Waals surface area contributed by atoms with Crippen LogP contribution in [0.5, 0.6) is 5.75 Å². The smallest absolute Gasteiger partial charge is 0.202 e. The lowest BCUT2D eigenvalue weighted by atomic mass is 10.2. The Labute approximate surface area is 133 Å². The molecule has 0 fully saturated rings. The SMILES string of the molecule is CC(Oc1ccccc1)OC(C)[N+](C)(C)Cc1ccccc1. The van der Waals surface area contributed by atoms with E-state index in [-0.39, 0.29) is 12.5 Å². The third-order valence-electron chi connectivity index (χ3n) is 3.85. The van der Waals surface area contributed by atoms with Gasteiger partial charge in [0, 0.05) is 12.5 Å². The molecule has 2 atom stereocenters. The first-order chi connectivity index (χ1) is 10.5. The van der Waals surface area contributed by atoms with Gasteiger partial charge in [-0.1, -0.05) is 48.5 Å². The summed E-state index contributed by atoms with van der Waals surface area (Å²) in [6, 6.07) is 20.3. The lowest BCUT2D eigenvalue weighted by molar-refractivity contribution is -0.949. The Morgan fingerprint density at radius 1 is 0.864 bits per heavy atom. The summed E-state index contributed by atoms with van der Waals surface area (Å²) in [7, 11) is 4.35. The summed E-state index contributed by atoms with van der Waals surface area (Å²) >= 11 is 0. The molecule has 3 nitrogen and oxygen atoms in total. The molecule has 0 N–H and O–H groups in total. The fourth-order valence-corrected chi connectivity index (χ4v) is 2.34. The lowest BCUT2D eigenvalue weighted by Gasteiger charge is -2.36. The zero-order valence-electron chi connectivity index (χ0n) is 13.9. The van der Waals surface area contributed by atoms with Gasteiger partial charge in [0.05, 0.1) is 14.1 Å². The Morgan fingerprint density at radius 2 is 1.41 bits per heavy atom. The summed E-state index contributed by atoms with van der Waals surface area (Å²) in [5, 5.41) is 0. The maximum Gasteiger partial charge on any atom is 0.202 e. The standard InChI is InChI=1S/C19H26NO2/c1-16(20(3,4)15-18-11-7-5-8-12-18)21-17(2)22-19-13-9-6-10-14-19/h5-14,16-17H,15H2,1-4H3/q+1. The Morgan fingerprint density at radius 3 is 2.00 bits per heavy atom. The van der Waals surface area contributed by atoms with Gasteiger partial charge in [0.1, 0.15) is 12.3 Å². The average Bonchev–Trinajstić information content (AvgIpc) is 2.48. The van der Waals surface area contributed by atoms with Crippen molar-refractivity contribution in [3.05, 3.63) is 66.2 Å². The number of quaternary nitrogens is 1. The van der Waals surface area contributed by atoms with E-state index in [0.29, 0.717) is 0 Å². The first-order valence-electron chi connectivity index (χ1n) is 7.71. The molecule has 0 spiro atoms. The van der Waals surface area contributed by atoms with Crippen LogP contribution in [-0.4, -0.2) is 31.1 Å². The van der Waals surface area contributed by atoms with Crippen LogP contribution in [0.1, 0.15) is 19.4 Å². The van der Waals surface area contributed by atoms with E-state index in [9.17, 15) is 0 Å². The van der Waals surface area contributed by atoms with Crippen molar-refractivity contribution in [3.63, 3.8) is 0 Å². The summed E-state index contributed by atoms with van der Waals surface area (Å²) < 4.78 is 12.6. The summed E-state index contributed by atoms with van der Waals surface area (Å²) in [5.41, 5.74) is 1.31. The van der Waals surface area contributed by atoms with Crippen molar-refractivity contribution in [1.82, 2.24) is 0 Å². The molecule has 0 amide bonds. The van der Waals surface area contributed by atoms with E-state index in [0.717, 1.165) is 16.8 Å². The fourth-order valence-electron chi connectivity index (χ4n) is 2.34. The minimum atomic E-state index is -0.287. The zero-order valence-corrected chi connectivity index (χ0v) is 13.9. The molecule has 2 unspecified atom stereocenters. The van der Waals surface area contributed by atoms with E-state index in [1.807, 2.05) is 43.3 Å². The maximum atomic E-state index is 6.04. The molecule has 2 aromatic carbocycles. The van der Waals surface area contributed by atoms with Gasteiger partial charge in [-0.05, 0) is 19.1 Å². The molecule has 0 aliphatic carbocycles. The molecule has 0 heterocycles. The van der Waals surface area contributed by atoms with Crippen LogP contribution in [0, 0.1) is 0 Å². The van der Waals surface area contributed by atoms with E-state index in [1.165, 1.54) is 5.56 Å². The van der Waals surface area contributed by atoms with Crippen molar-refractivity contribution >= 4 is 0 Å². The van der Waals surface area contributed by atoms with Crippen molar-refractivity contribution < 1.29 is 14.0 Å². The molecule has 3 heteroatoms. The van der Waals surface area contributed by atoms with Gasteiger partial charge in [-0.15, -0.1) is 0 Å². The highest BCUT2D eigenvalue weighted by molar-refractivity contribution is 5.20. The third kappa shape index (κ3) is 4.86. The molecule has 0 radical (unpaired) electrons. The molecule has 0 saturated heterocycles. The average molecular weight is 300 g/mol. The van der Waals surface area contributed by atoms with Gasteiger partial charge in [-0.3, -0.25) is 9.22 Å². The van der Waals surface area contributed by atoms with Gasteiger partial charge >= 0.3 is 0 Å². The van der Waals surface area contributed by atoms with E-state index < -0.39 is 0 Å². The Kier molecular flexibility index (Phi) is 5.58. The molecule has 22 heavy (non-hydrogen) atoms. The number of rotatable bonds is 7. The number of benzene rings is 2. The van der Waals surface area contributed by atoms with E-state index in [2.05, 4.69) is 45.3 Å². The highest BCUT2D eigenvalue weighted by Gasteiger charge is 2.27. The van der Waals surface area contributed by atoms with Crippen molar-refractivity contribution in [2.45, 2.75) is 32.9 Å². The van der Waals surface area contributed by atoms with Crippen molar-refractivity contribution in [1.29, 1.82) is 0 Å². The largest absolute Gasteiger partial charge is 0.465 e. The molecule has 0 aliphatic heterocycles. The molecule has 0 saturated carbocycles. The quantitative estimate of drug-likeness (QED) is 0.567. The number of hydrogen-bond donors (Lipinski definition) is 0. The van der Waals surface area contributed by atoms with Gasteiger partial charge in [-0.25, -0.2) is 0 Å². The molecule has 2 aromatic rings. The highest BCUT2D eigenvalue weighted by Crippen LogP contribution is 2.18. The van der Waals surface area contributed by atoms with Crippen LogP contribution in [-0.2, 0) is 11.3 Å². The van der Waals surface area contributed by atoms with Crippen LogP contribution >= 0.6 is 0 Å². The second-order valence-corrected chi connectivity index (χ2v) is 6.16. The van der Waals surface area contributed by atoms with Crippen LogP contribution in [0.25, 0.3) is 0 Å². The van der Waals surface area contributed by atoms with Crippen LogP contribution in [0.4, 0.5) is 0 Å². The van der Waals surface area contributed by atoms with Crippen LogP contribution < -0.4 is 4.74 Å². The van der Waals surface area contributed by atoms with Gasteiger partial charge in [0.2, 0.25) is 6.29 Å². The monoisotopic (exact) mass is 300 g/mol. The predicted octanol–water partition coefficient (Wildman–Crippen LogP) is 4.05. The summed E-state index contributed by atoms with van der Waals surface area (Å²) in [5.74, 6) is 0.829. The minimum Gasteiger partial charge on any atom is -0.465 e. The van der Waals surface area contributed by atoms with Crippen molar-refractivity contribution in [2.75, 3.05) is 14.1 Å². The fraction of sp³-hybridized carbons (Fsp3) is 0.368. The first-order valence-corrected chi connectivity index (χ1v) is 7.71. The molecular weight excluding hydrogens is 274 g/mol. The summed E-state index contributed by atoms with van der Waals surface area (Å²) in [6.45, 7) is 4.94. The van der Waals surface area contributed by atoms with Gasteiger partial charge in [-0.2, -0.15) is 0 Å². The van der Waals surface area contributed by atoms with Crippen molar-refractivity contribution in [2.24, 2.45) is 0 Å².